The number of hydrogen-bond donors (Lipinski definition) is 1. The van der Waals surface area contributed by atoms with Crippen LogP contribution >= 0.6 is 0 Å². The quantitative estimate of drug-likeness (QED) is 0.877. The Hall–Kier alpha value is -1.19. The van der Waals surface area contributed by atoms with Gasteiger partial charge in [0.15, 0.2) is 5.82 Å². The first-order valence-electron chi connectivity index (χ1n) is 6.78. The SMILES string of the molecule is CCC1CCCCN1c1c(N)c(C)nn1CC. The van der Waals surface area contributed by atoms with Crippen LogP contribution in [0.25, 0.3) is 0 Å². The minimum Gasteiger partial charge on any atom is -0.394 e. The van der Waals surface area contributed by atoms with Gasteiger partial charge in [-0.15, -0.1) is 0 Å². The second kappa shape index (κ2) is 4.98. The van der Waals surface area contributed by atoms with Gasteiger partial charge in [0, 0.05) is 19.1 Å². The van der Waals surface area contributed by atoms with E-state index in [0.717, 1.165) is 30.3 Å². The van der Waals surface area contributed by atoms with Crippen molar-refractivity contribution in [2.45, 2.75) is 59.0 Å². The summed E-state index contributed by atoms with van der Waals surface area (Å²) < 4.78 is 2.05. The molecule has 1 aromatic rings. The molecule has 0 spiro atoms. The summed E-state index contributed by atoms with van der Waals surface area (Å²) in [6, 6.07) is 0.632. The lowest BCUT2D eigenvalue weighted by molar-refractivity contribution is 0.438. The number of piperidine rings is 1. The molecule has 1 aromatic heterocycles. The zero-order valence-corrected chi connectivity index (χ0v) is 11.2. The Balaban J connectivity index is 2.36. The molecule has 0 radical (unpaired) electrons. The molecule has 1 atom stereocenters. The van der Waals surface area contributed by atoms with Gasteiger partial charge in [0.2, 0.25) is 0 Å². The van der Waals surface area contributed by atoms with Crippen molar-refractivity contribution in [3.8, 4) is 0 Å². The van der Waals surface area contributed by atoms with Crippen LogP contribution in [0.1, 0.15) is 45.2 Å². The molecule has 1 saturated heterocycles. The van der Waals surface area contributed by atoms with Crippen molar-refractivity contribution in [3.63, 3.8) is 0 Å². The molecule has 2 rings (SSSR count). The van der Waals surface area contributed by atoms with Crippen molar-refractivity contribution in [3.05, 3.63) is 5.69 Å². The minimum atomic E-state index is 0.632. The Morgan fingerprint density at radius 3 is 2.76 bits per heavy atom. The summed E-state index contributed by atoms with van der Waals surface area (Å²) in [7, 11) is 0. The number of nitrogen functional groups attached to an aromatic ring is 1. The highest BCUT2D eigenvalue weighted by atomic mass is 15.4. The Bertz CT molecular complexity index is 383. The molecule has 17 heavy (non-hydrogen) atoms. The van der Waals surface area contributed by atoms with Gasteiger partial charge in [0.25, 0.3) is 0 Å². The van der Waals surface area contributed by atoms with Crippen LogP contribution in [0.3, 0.4) is 0 Å². The predicted molar refractivity (Wildman–Crippen MR) is 72.3 cm³/mol. The molecule has 0 aromatic carbocycles. The van der Waals surface area contributed by atoms with Gasteiger partial charge in [0.05, 0.1) is 11.4 Å². The molecule has 0 saturated carbocycles. The van der Waals surface area contributed by atoms with Crippen LogP contribution in [0, 0.1) is 6.92 Å². The summed E-state index contributed by atoms with van der Waals surface area (Å²) in [6.45, 7) is 8.39. The first-order chi connectivity index (χ1) is 8.19. The lowest BCUT2D eigenvalue weighted by atomic mass is 10.00. The van der Waals surface area contributed by atoms with Gasteiger partial charge in [-0.05, 0) is 39.5 Å². The zero-order chi connectivity index (χ0) is 12.4. The second-order valence-electron chi connectivity index (χ2n) is 4.89. The van der Waals surface area contributed by atoms with Crippen LogP contribution in [0.2, 0.25) is 0 Å². The van der Waals surface area contributed by atoms with E-state index in [1.807, 2.05) is 6.92 Å². The van der Waals surface area contributed by atoms with Crippen molar-refractivity contribution in [1.82, 2.24) is 9.78 Å². The van der Waals surface area contributed by atoms with Gasteiger partial charge >= 0.3 is 0 Å². The molecular weight excluding hydrogens is 212 g/mol. The highest BCUT2D eigenvalue weighted by Gasteiger charge is 2.26. The predicted octanol–water partition coefficient (Wildman–Crippen LogP) is 2.56. The number of aryl methyl sites for hydroxylation is 2. The molecular formula is C13H24N4. The molecule has 4 heteroatoms. The van der Waals surface area contributed by atoms with Crippen molar-refractivity contribution in [2.75, 3.05) is 17.2 Å². The van der Waals surface area contributed by atoms with Crippen LogP contribution in [0.5, 0.6) is 0 Å². The average molecular weight is 236 g/mol. The molecule has 0 bridgehead atoms. The monoisotopic (exact) mass is 236 g/mol. The lowest BCUT2D eigenvalue weighted by Gasteiger charge is -2.37. The van der Waals surface area contributed by atoms with E-state index in [0.29, 0.717) is 6.04 Å². The van der Waals surface area contributed by atoms with Crippen molar-refractivity contribution in [1.29, 1.82) is 0 Å². The van der Waals surface area contributed by atoms with Crippen LogP contribution in [0.15, 0.2) is 0 Å². The van der Waals surface area contributed by atoms with E-state index in [2.05, 4.69) is 28.5 Å². The number of hydrogen-bond acceptors (Lipinski definition) is 3. The molecule has 1 fully saturated rings. The molecule has 0 amide bonds. The van der Waals surface area contributed by atoms with Gasteiger partial charge in [0.1, 0.15) is 0 Å². The van der Waals surface area contributed by atoms with Crippen molar-refractivity contribution >= 4 is 11.5 Å². The number of rotatable bonds is 3. The normalized spacial score (nSPS) is 20.9. The molecule has 4 nitrogen and oxygen atoms in total. The highest BCUT2D eigenvalue weighted by Crippen LogP contribution is 2.32. The van der Waals surface area contributed by atoms with Crippen LogP contribution in [-0.2, 0) is 6.54 Å². The van der Waals surface area contributed by atoms with Gasteiger partial charge in [-0.25, -0.2) is 4.68 Å². The van der Waals surface area contributed by atoms with Crippen molar-refractivity contribution < 1.29 is 0 Å². The summed E-state index contributed by atoms with van der Waals surface area (Å²) >= 11 is 0. The summed E-state index contributed by atoms with van der Waals surface area (Å²) in [5, 5.41) is 4.52. The fraction of sp³-hybridized carbons (Fsp3) is 0.769. The number of nitrogens with zero attached hydrogens (tertiary/aromatic N) is 3. The van der Waals surface area contributed by atoms with Gasteiger partial charge in [-0.1, -0.05) is 6.92 Å². The third-order valence-electron chi connectivity index (χ3n) is 3.82. The number of nitrogens with two attached hydrogens (primary N) is 1. The summed E-state index contributed by atoms with van der Waals surface area (Å²) in [5.74, 6) is 1.15. The summed E-state index contributed by atoms with van der Waals surface area (Å²) in [5.41, 5.74) is 8.03. The van der Waals surface area contributed by atoms with E-state index in [1.165, 1.54) is 25.7 Å². The zero-order valence-electron chi connectivity index (χ0n) is 11.2. The molecule has 2 N–H and O–H groups in total. The Morgan fingerprint density at radius 1 is 1.35 bits per heavy atom. The Kier molecular flexibility index (Phi) is 3.60. The number of anilines is 2. The smallest absolute Gasteiger partial charge is 0.150 e. The first-order valence-corrected chi connectivity index (χ1v) is 6.78. The van der Waals surface area contributed by atoms with E-state index in [9.17, 15) is 0 Å². The van der Waals surface area contributed by atoms with Gasteiger partial charge in [-0.3, -0.25) is 0 Å². The van der Waals surface area contributed by atoms with Gasteiger partial charge in [-0.2, -0.15) is 5.10 Å². The third kappa shape index (κ3) is 2.13. The molecule has 1 unspecified atom stereocenters. The lowest BCUT2D eigenvalue weighted by Crippen LogP contribution is -2.40. The average Bonchev–Trinajstić information content (AvgIpc) is 2.65. The first kappa shape index (κ1) is 12.3. The van der Waals surface area contributed by atoms with Crippen LogP contribution in [-0.4, -0.2) is 22.4 Å². The minimum absolute atomic E-state index is 0.632. The standard InChI is InChI=1S/C13H24N4/c1-4-11-8-6-7-9-16(11)13-12(14)10(3)15-17(13)5-2/h11H,4-9,14H2,1-3H3. The van der Waals surface area contributed by atoms with E-state index < -0.39 is 0 Å². The fourth-order valence-corrected chi connectivity index (χ4v) is 2.81. The van der Waals surface area contributed by atoms with Gasteiger partial charge < -0.3 is 10.6 Å². The third-order valence-corrected chi connectivity index (χ3v) is 3.82. The largest absolute Gasteiger partial charge is 0.394 e. The van der Waals surface area contributed by atoms with E-state index >= 15 is 0 Å². The maximum Gasteiger partial charge on any atom is 0.150 e. The highest BCUT2D eigenvalue weighted by molar-refractivity contribution is 5.66. The summed E-state index contributed by atoms with van der Waals surface area (Å²) in [6.07, 6.45) is 5.08. The van der Waals surface area contributed by atoms with Crippen LogP contribution in [0.4, 0.5) is 11.5 Å². The molecule has 1 aliphatic heterocycles. The Morgan fingerprint density at radius 2 is 2.12 bits per heavy atom. The van der Waals surface area contributed by atoms with E-state index in [4.69, 9.17) is 5.73 Å². The van der Waals surface area contributed by atoms with Crippen molar-refractivity contribution in [2.24, 2.45) is 0 Å². The second-order valence-corrected chi connectivity index (χ2v) is 4.89. The van der Waals surface area contributed by atoms with E-state index in [1.54, 1.807) is 0 Å². The number of aromatic nitrogens is 2. The molecule has 96 valence electrons. The maximum atomic E-state index is 6.20. The fourth-order valence-electron chi connectivity index (χ4n) is 2.81. The summed E-state index contributed by atoms with van der Waals surface area (Å²) in [4.78, 5) is 2.47. The van der Waals surface area contributed by atoms with E-state index in [-0.39, 0.29) is 0 Å². The Labute approximate surface area is 104 Å². The molecule has 2 heterocycles. The topological polar surface area (TPSA) is 47.1 Å². The molecule has 0 aliphatic carbocycles. The molecule has 1 aliphatic rings. The van der Waals surface area contributed by atoms with Crippen LogP contribution < -0.4 is 10.6 Å². The maximum absolute atomic E-state index is 6.20.